The van der Waals surface area contributed by atoms with Crippen LogP contribution in [-0.2, 0) is 0 Å². The van der Waals surface area contributed by atoms with Gasteiger partial charge in [0.1, 0.15) is 6.17 Å². The average molecular weight is 184 g/mol. The van der Waals surface area contributed by atoms with Crippen molar-refractivity contribution in [2.75, 3.05) is 0 Å². The molecule has 78 valence electrons. The van der Waals surface area contributed by atoms with Gasteiger partial charge < -0.3 is 5.48 Å². The molecule has 0 amide bonds. The van der Waals surface area contributed by atoms with Crippen molar-refractivity contribution in [3.05, 3.63) is 0 Å². The predicted octanol–water partition coefficient (Wildman–Crippen LogP) is 2.89. The fourth-order valence-electron chi connectivity index (χ4n) is 1.27. The molecular formula is C9H22F2O. The van der Waals surface area contributed by atoms with Gasteiger partial charge in [-0.15, -0.1) is 0 Å². The SMILES string of the molecule is CC.CC1CCCCC1F.F.O. The maximum atomic E-state index is 12.6. The number of halogens is 2. The third kappa shape index (κ3) is 6.53. The van der Waals surface area contributed by atoms with Crippen molar-refractivity contribution in [2.24, 2.45) is 5.92 Å². The Morgan fingerprint density at radius 2 is 1.50 bits per heavy atom. The molecule has 0 aromatic rings. The Morgan fingerprint density at radius 1 is 1.08 bits per heavy atom. The third-order valence-corrected chi connectivity index (χ3v) is 2.01. The van der Waals surface area contributed by atoms with E-state index in [0.717, 1.165) is 19.3 Å². The van der Waals surface area contributed by atoms with E-state index < -0.39 is 6.17 Å². The molecule has 0 aromatic heterocycles. The molecule has 2 unspecified atom stereocenters. The summed E-state index contributed by atoms with van der Waals surface area (Å²) in [6.45, 7) is 6.00. The molecule has 1 saturated carbocycles. The molecule has 0 radical (unpaired) electrons. The Balaban J connectivity index is -0.000000189. The van der Waals surface area contributed by atoms with Crippen LogP contribution in [0.25, 0.3) is 0 Å². The van der Waals surface area contributed by atoms with E-state index in [-0.39, 0.29) is 10.2 Å². The van der Waals surface area contributed by atoms with Crippen molar-refractivity contribution < 1.29 is 14.6 Å². The first kappa shape index (κ1) is 17.8. The first-order valence-electron chi connectivity index (χ1n) is 4.45. The summed E-state index contributed by atoms with van der Waals surface area (Å²) in [5.74, 6) is 0.337. The van der Waals surface area contributed by atoms with Gasteiger partial charge in [0.05, 0.1) is 0 Å². The van der Waals surface area contributed by atoms with Crippen molar-refractivity contribution >= 4 is 0 Å². The van der Waals surface area contributed by atoms with Gasteiger partial charge in [-0.2, -0.15) is 0 Å². The summed E-state index contributed by atoms with van der Waals surface area (Å²) in [4.78, 5) is 0. The molecule has 1 fully saturated rings. The molecule has 0 saturated heterocycles. The molecule has 2 atom stereocenters. The molecule has 1 nitrogen and oxygen atoms in total. The molecule has 3 heteroatoms. The maximum Gasteiger partial charge on any atom is 0.103 e. The Bertz CT molecular complexity index is 68.9. The Kier molecular flexibility index (Phi) is 16.0. The standard InChI is InChI=1S/C7H13F.C2H6.FH.H2O/c1-6-4-2-3-5-7(6)8;1-2;;/h6-7H,2-5H2,1H3;1-2H3;1H;1H2. The lowest BCUT2D eigenvalue weighted by molar-refractivity contribution is 0.179. The summed E-state index contributed by atoms with van der Waals surface area (Å²) in [6.07, 6.45) is 3.75. The first-order valence-corrected chi connectivity index (χ1v) is 4.45. The summed E-state index contributed by atoms with van der Waals surface area (Å²) in [5, 5.41) is 0. The Hall–Kier alpha value is -0.180. The lowest BCUT2D eigenvalue weighted by atomic mass is 9.89. The van der Waals surface area contributed by atoms with Crippen LogP contribution in [0.5, 0.6) is 0 Å². The Labute approximate surface area is 74.0 Å². The van der Waals surface area contributed by atoms with Gasteiger partial charge in [-0.25, -0.2) is 4.39 Å². The molecule has 0 aliphatic heterocycles. The van der Waals surface area contributed by atoms with Crippen molar-refractivity contribution in [1.82, 2.24) is 0 Å². The average Bonchev–Trinajstić information content (AvgIpc) is 2.00. The van der Waals surface area contributed by atoms with E-state index >= 15 is 0 Å². The van der Waals surface area contributed by atoms with Gasteiger partial charge in [0.2, 0.25) is 0 Å². The van der Waals surface area contributed by atoms with Crippen LogP contribution < -0.4 is 0 Å². The summed E-state index contributed by atoms with van der Waals surface area (Å²) in [5.41, 5.74) is 0. The van der Waals surface area contributed by atoms with Gasteiger partial charge in [-0.1, -0.05) is 33.6 Å². The van der Waals surface area contributed by atoms with Gasteiger partial charge >= 0.3 is 0 Å². The summed E-state index contributed by atoms with van der Waals surface area (Å²) in [7, 11) is 0. The van der Waals surface area contributed by atoms with Crippen LogP contribution in [0.1, 0.15) is 46.5 Å². The minimum Gasteiger partial charge on any atom is -0.412 e. The normalized spacial score (nSPS) is 27.0. The molecule has 0 spiro atoms. The van der Waals surface area contributed by atoms with Crippen LogP contribution >= 0.6 is 0 Å². The van der Waals surface area contributed by atoms with Crippen molar-refractivity contribution in [1.29, 1.82) is 0 Å². The van der Waals surface area contributed by atoms with Crippen molar-refractivity contribution in [2.45, 2.75) is 52.6 Å². The first-order chi connectivity index (χ1) is 4.80. The smallest absolute Gasteiger partial charge is 0.103 e. The monoisotopic (exact) mass is 184 g/mol. The van der Waals surface area contributed by atoms with E-state index in [2.05, 4.69) is 0 Å². The predicted molar refractivity (Wildman–Crippen MR) is 50.0 cm³/mol. The second-order valence-electron chi connectivity index (χ2n) is 2.78. The van der Waals surface area contributed by atoms with Crippen LogP contribution in [0.2, 0.25) is 0 Å². The highest BCUT2D eigenvalue weighted by molar-refractivity contribution is 4.70. The molecule has 0 heterocycles. The van der Waals surface area contributed by atoms with Gasteiger partial charge in [-0.3, -0.25) is 4.70 Å². The minimum absolute atomic E-state index is 0. The summed E-state index contributed by atoms with van der Waals surface area (Å²) < 4.78 is 12.6. The highest BCUT2D eigenvalue weighted by Crippen LogP contribution is 2.25. The molecule has 1 aliphatic carbocycles. The minimum atomic E-state index is -0.497. The number of hydrogen-bond donors (Lipinski definition) is 0. The lowest BCUT2D eigenvalue weighted by Crippen LogP contribution is -2.16. The van der Waals surface area contributed by atoms with Crippen molar-refractivity contribution in [3.63, 3.8) is 0 Å². The number of rotatable bonds is 0. The molecule has 1 aliphatic rings. The zero-order chi connectivity index (χ0) is 7.98. The molecule has 0 aromatic carbocycles. The van der Waals surface area contributed by atoms with Crippen LogP contribution in [0.4, 0.5) is 9.09 Å². The lowest BCUT2D eigenvalue weighted by Gasteiger charge is -2.21. The van der Waals surface area contributed by atoms with E-state index in [4.69, 9.17) is 0 Å². The van der Waals surface area contributed by atoms with E-state index in [9.17, 15) is 4.39 Å². The molecule has 0 bridgehead atoms. The largest absolute Gasteiger partial charge is 0.412 e. The highest BCUT2D eigenvalue weighted by Gasteiger charge is 2.19. The van der Waals surface area contributed by atoms with Gasteiger partial charge in [-0.05, 0) is 18.8 Å². The van der Waals surface area contributed by atoms with Crippen LogP contribution in [0.3, 0.4) is 0 Å². The zero-order valence-electron chi connectivity index (χ0n) is 8.27. The van der Waals surface area contributed by atoms with Gasteiger partial charge in [0.25, 0.3) is 0 Å². The number of hydrogen-bond acceptors (Lipinski definition) is 0. The van der Waals surface area contributed by atoms with Crippen LogP contribution in [-0.4, -0.2) is 11.6 Å². The van der Waals surface area contributed by atoms with E-state index in [0.29, 0.717) is 5.92 Å². The number of alkyl halides is 1. The van der Waals surface area contributed by atoms with E-state index in [1.807, 2.05) is 20.8 Å². The maximum absolute atomic E-state index is 12.6. The molecule has 1 rings (SSSR count). The second kappa shape index (κ2) is 10.8. The van der Waals surface area contributed by atoms with E-state index in [1.165, 1.54) is 6.42 Å². The topological polar surface area (TPSA) is 31.5 Å². The molecule has 12 heavy (non-hydrogen) atoms. The fourth-order valence-corrected chi connectivity index (χ4v) is 1.27. The fraction of sp³-hybridized carbons (Fsp3) is 1.00. The highest BCUT2D eigenvalue weighted by atomic mass is 19.1. The Morgan fingerprint density at radius 3 is 1.75 bits per heavy atom. The van der Waals surface area contributed by atoms with Gasteiger partial charge in [0.15, 0.2) is 0 Å². The quantitative estimate of drug-likeness (QED) is 0.554. The third-order valence-electron chi connectivity index (χ3n) is 2.01. The van der Waals surface area contributed by atoms with Gasteiger partial charge in [0, 0.05) is 0 Å². The zero-order valence-corrected chi connectivity index (χ0v) is 8.27. The van der Waals surface area contributed by atoms with Crippen LogP contribution in [0.15, 0.2) is 0 Å². The van der Waals surface area contributed by atoms with E-state index in [1.54, 1.807) is 0 Å². The molecular weight excluding hydrogens is 162 g/mol. The van der Waals surface area contributed by atoms with Crippen LogP contribution in [0, 0.1) is 5.92 Å². The summed E-state index contributed by atoms with van der Waals surface area (Å²) in [6, 6.07) is 0. The molecule has 2 N–H and O–H groups in total. The second-order valence-corrected chi connectivity index (χ2v) is 2.78. The summed E-state index contributed by atoms with van der Waals surface area (Å²) >= 11 is 0. The van der Waals surface area contributed by atoms with Crippen molar-refractivity contribution in [3.8, 4) is 0 Å².